The molecule has 0 fully saturated rings. The lowest BCUT2D eigenvalue weighted by Crippen LogP contribution is -2.52. The van der Waals surface area contributed by atoms with Crippen LogP contribution >= 0.6 is 0 Å². The third kappa shape index (κ3) is 6.93. The normalized spacial score (nSPS) is 19.7. The fourth-order valence-corrected chi connectivity index (χ4v) is 2.67. The van der Waals surface area contributed by atoms with Crippen molar-refractivity contribution >= 4 is 17.5 Å². The lowest BCUT2D eigenvalue weighted by atomic mass is 10.1. The molecule has 8 nitrogen and oxygen atoms in total. The highest BCUT2D eigenvalue weighted by molar-refractivity contribution is 6.67. The van der Waals surface area contributed by atoms with Crippen molar-refractivity contribution in [1.29, 1.82) is 0 Å². The summed E-state index contributed by atoms with van der Waals surface area (Å²) in [6.45, 7) is 8.46. The summed E-state index contributed by atoms with van der Waals surface area (Å²) in [4.78, 5) is 22.3. The minimum atomic E-state index is -1.30. The van der Waals surface area contributed by atoms with E-state index in [1.165, 1.54) is 7.05 Å². The smallest absolute Gasteiger partial charge is 0.276 e. The molecule has 1 heterocycles. The SMILES string of the molecule is C#C/C(C)=C(C)\C=C(/C)N(CCNCCCCN)C1=NC(O)NC(=O)C1=NC. The van der Waals surface area contributed by atoms with Gasteiger partial charge in [0.05, 0.1) is 0 Å². The number of allylic oxidation sites excluding steroid dienone is 4. The molecule has 0 aromatic rings. The molecular weight excluding hydrogens is 356 g/mol. The van der Waals surface area contributed by atoms with Gasteiger partial charge in [-0.25, -0.2) is 4.99 Å². The summed E-state index contributed by atoms with van der Waals surface area (Å²) in [6.07, 6.45) is 8.10. The van der Waals surface area contributed by atoms with Gasteiger partial charge >= 0.3 is 0 Å². The number of aliphatic hydroxyl groups is 1. The van der Waals surface area contributed by atoms with E-state index in [4.69, 9.17) is 12.2 Å². The van der Waals surface area contributed by atoms with Crippen molar-refractivity contribution in [1.82, 2.24) is 15.5 Å². The number of terminal acetylenes is 1. The van der Waals surface area contributed by atoms with Crippen LogP contribution in [0, 0.1) is 12.3 Å². The monoisotopic (exact) mass is 388 g/mol. The Morgan fingerprint density at radius 1 is 1.43 bits per heavy atom. The quantitative estimate of drug-likeness (QED) is 0.259. The number of amides is 1. The molecular formula is C20H32N6O2. The van der Waals surface area contributed by atoms with E-state index in [0.29, 0.717) is 25.5 Å². The van der Waals surface area contributed by atoms with Crippen LogP contribution in [0.25, 0.3) is 0 Å². The molecule has 28 heavy (non-hydrogen) atoms. The Hall–Kier alpha value is -2.47. The fourth-order valence-electron chi connectivity index (χ4n) is 2.67. The zero-order valence-corrected chi connectivity index (χ0v) is 17.2. The maximum Gasteiger partial charge on any atom is 0.276 e. The molecule has 0 saturated carbocycles. The molecule has 1 atom stereocenters. The van der Waals surface area contributed by atoms with Gasteiger partial charge in [-0.1, -0.05) is 5.92 Å². The predicted molar refractivity (Wildman–Crippen MR) is 114 cm³/mol. The molecule has 0 aromatic heterocycles. The highest BCUT2D eigenvalue weighted by Gasteiger charge is 2.30. The first kappa shape index (κ1) is 23.6. The van der Waals surface area contributed by atoms with Crippen LogP contribution in [-0.2, 0) is 4.79 Å². The first-order valence-corrected chi connectivity index (χ1v) is 9.40. The maximum atomic E-state index is 12.2. The summed E-state index contributed by atoms with van der Waals surface area (Å²) < 4.78 is 0. The van der Waals surface area contributed by atoms with Gasteiger partial charge in [-0.15, -0.1) is 6.42 Å². The minimum absolute atomic E-state index is 0.177. The van der Waals surface area contributed by atoms with E-state index in [2.05, 4.69) is 26.5 Å². The number of aliphatic imine (C=N–C) groups is 2. The molecule has 0 bridgehead atoms. The number of nitrogens with zero attached hydrogens (tertiary/aromatic N) is 3. The highest BCUT2D eigenvalue weighted by atomic mass is 16.3. The van der Waals surface area contributed by atoms with Crippen LogP contribution in [0.5, 0.6) is 0 Å². The lowest BCUT2D eigenvalue weighted by molar-refractivity contribution is -0.117. The van der Waals surface area contributed by atoms with E-state index in [0.717, 1.165) is 36.2 Å². The summed E-state index contributed by atoms with van der Waals surface area (Å²) in [6, 6.07) is 0. The Morgan fingerprint density at radius 2 is 2.14 bits per heavy atom. The van der Waals surface area contributed by atoms with Gasteiger partial charge in [-0.2, -0.15) is 0 Å². The minimum Gasteiger partial charge on any atom is -0.355 e. The maximum absolute atomic E-state index is 12.2. The van der Waals surface area contributed by atoms with E-state index in [9.17, 15) is 9.90 Å². The number of unbranched alkanes of at least 4 members (excludes halogenated alkanes) is 1. The van der Waals surface area contributed by atoms with E-state index < -0.39 is 12.3 Å². The molecule has 5 N–H and O–H groups in total. The Labute approximate surface area is 167 Å². The molecule has 1 amide bonds. The van der Waals surface area contributed by atoms with Crippen LogP contribution in [0.3, 0.4) is 0 Å². The zero-order valence-electron chi connectivity index (χ0n) is 17.2. The fraction of sp³-hybridized carbons (Fsp3) is 0.550. The van der Waals surface area contributed by atoms with E-state index >= 15 is 0 Å². The lowest BCUT2D eigenvalue weighted by Gasteiger charge is -2.31. The summed E-state index contributed by atoms with van der Waals surface area (Å²) in [5.74, 6) is 2.51. The Bertz CT molecular complexity index is 715. The summed E-state index contributed by atoms with van der Waals surface area (Å²) in [7, 11) is 1.53. The molecule has 0 aromatic carbocycles. The zero-order chi connectivity index (χ0) is 21.1. The predicted octanol–water partition coefficient (Wildman–Crippen LogP) is 0.365. The Balaban J connectivity index is 3.12. The molecule has 0 spiro atoms. The van der Waals surface area contributed by atoms with Crippen LogP contribution in [-0.4, -0.2) is 67.0 Å². The molecule has 1 rings (SSSR count). The van der Waals surface area contributed by atoms with Crippen molar-refractivity contribution < 1.29 is 9.90 Å². The summed E-state index contributed by atoms with van der Waals surface area (Å²) in [5.41, 5.74) is 8.31. The van der Waals surface area contributed by atoms with E-state index in [-0.39, 0.29) is 5.71 Å². The number of carbonyl (C=O) groups is 1. The molecule has 8 heteroatoms. The second-order valence-corrected chi connectivity index (χ2v) is 6.51. The topological polar surface area (TPSA) is 115 Å². The van der Waals surface area contributed by atoms with Crippen molar-refractivity contribution in [3.8, 4) is 12.3 Å². The standard InChI is InChI=1S/C20H32N6O2/c1-6-14(2)15(3)13-16(4)26(12-11-23-10-8-7-9-21)18-17(22-5)19(27)25-20(28)24-18/h1,13,20,23,28H,7-12,21H2,2-5H3,(H,25,27)/b15-14-,16-13+,22-17?. The number of carbonyl (C=O) groups excluding carboxylic acids is 1. The largest absolute Gasteiger partial charge is 0.355 e. The van der Waals surface area contributed by atoms with Crippen LogP contribution in [0.4, 0.5) is 0 Å². The number of aliphatic hydroxyl groups excluding tert-OH is 1. The van der Waals surface area contributed by atoms with Crippen molar-refractivity contribution in [2.45, 2.75) is 40.0 Å². The third-order valence-corrected chi connectivity index (χ3v) is 4.39. The first-order valence-electron chi connectivity index (χ1n) is 9.40. The number of nitrogens with two attached hydrogens (primary N) is 1. The number of nitrogens with one attached hydrogen (secondary N) is 2. The number of amidine groups is 1. The van der Waals surface area contributed by atoms with Crippen molar-refractivity contribution in [2.24, 2.45) is 15.7 Å². The van der Waals surface area contributed by atoms with Gasteiger partial charge in [0.15, 0.2) is 11.5 Å². The number of rotatable bonds is 9. The van der Waals surface area contributed by atoms with Crippen molar-refractivity contribution in [3.63, 3.8) is 0 Å². The van der Waals surface area contributed by atoms with Gasteiger partial charge < -0.3 is 26.4 Å². The Kier molecular flexibility index (Phi) is 10.2. The average molecular weight is 389 g/mol. The van der Waals surface area contributed by atoms with Crippen LogP contribution in [0.1, 0.15) is 33.6 Å². The Morgan fingerprint density at radius 3 is 2.75 bits per heavy atom. The van der Waals surface area contributed by atoms with Crippen LogP contribution < -0.4 is 16.4 Å². The number of hydrogen-bond acceptors (Lipinski definition) is 7. The van der Waals surface area contributed by atoms with Crippen LogP contribution in [0.2, 0.25) is 0 Å². The molecule has 154 valence electrons. The van der Waals surface area contributed by atoms with Gasteiger partial charge in [-0.3, -0.25) is 9.79 Å². The van der Waals surface area contributed by atoms with Gasteiger partial charge in [0.2, 0.25) is 6.35 Å². The van der Waals surface area contributed by atoms with Gasteiger partial charge in [0.25, 0.3) is 5.91 Å². The molecule has 0 radical (unpaired) electrons. The van der Waals surface area contributed by atoms with Gasteiger partial charge in [-0.05, 0) is 58.4 Å². The molecule has 1 aliphatic rings. The second kappa shape index (κ2) is 12.1. The third-order valence-electron chi connectivity index (χ3n) is 4.39. The first-order chi connectivity index (χ1) is 13.3. The van der Waals surface area contributed by atoms with Crippen LogP contribution in [0.15, 0.2) is 32.9 Å². The van der Waals surface area contributed by atoms with Crippen molar-refractivity contribution in [2.75, 3.05) is 33.2 Å². The molecule has 1 aliphatic heterocycles. The number of hydrogen-bond donors (Lipinski definition) is 4. The van der Waals surface area contributed by atoms with Crippen molar-refractivity contribution in [3.05, 3.63) is 22.9 Å². The summed E-state index contributed by atoms with van der Waals surface area (Å²) >= 11 is 0. The average Bonchev–Trinajstić information content (AvgIpc) is 2.66. The molecule has 0 aliphatic carbocycles. The van der Waals surface area contributed by atoms with Gasteiger partial charge in [0.1, 0.15) is 0 Å². The van der Waals surface area contributed by atoms with Gasteiger partial charge in [0, 0.05) is 31.4 Å². The summed E-state index contributed by atoms with van der Waals surface area (Å²) in [5, 5.41) is 15.6. The second-order valence-electron chi connectivity index (χ2n) is 6.51. The van der Waals surface area contributed by atoms with E-state index in [1.54, 1.807) is 0 Å². The van der Waals surface area contributed by atoms with E-state index in [1.807, 2.05) is 31.7 Å². The highest BCUT2D eigenvalue weighted by Crippen LogP contribution is 2.14. The molecule has 0 saturated heterocycles. The molecule has 1 unspecified atom stereocenters.